The summed E-state index contributed by atoms with van der Waals surface area (Å²) in [6, 6.07) is 4.07. The predicted octanol–water partition coefficient (Wildman–Crippen LogP) is 2.97. The average Bonchev–Trinajstić information content (AvgIpc) is 2.77. The summed E-state index contributed by atoms with van der Waals surface area (Å²) in [7, 11) is 1.28. The van der Waals surface area contributed by atoms with Crippen LogP contribution in [0.5, 0.6) is 11.5 Å². The highest BCUT2D eigenvalue weighted by Crippen LogP contribution is 2.30. The summed E-state index contributed by atoms with van der Waals surface area (Å²) in [5.74, 6) is -1.67. The summed E-state index contributed by atoms with van der Waals surface area (Å²) in [6.45, 7) is 7.55. The Balaban J connectivity index is 2.96. The van der Waals surface area contributed by atoms with E-state index in [9.17, 15) is 19.2 Å². The molecule has 0 fully saturated rings. The standard InChI is InChI=1S/C24H35NO8/c1-6-8-21(26)32-19-11-10-17(15-20(19)33-22(27)9-7-2)14-18(24(29)30-5)25-12-13-31-23(28)16(3)4/h10-11,15-16,18,25H,6-9,12-14H2,1-5H3/t18-/m0/s1. The highest BCUT2D eigenvalue weighted by atomic mass is 16.6. The Morgan fingerprint density at radius 2 is 1.52 bits per heavy atom. The summed E-state index contributed by atoms with van der Waals surface area (Å²) in [5.41, 5.74) is 0.659. The molecule has 0 bridgehead atoms. The van der Waals surface area contributed by atoms with Gasteiger partial charge in [-0.05, 0) is 37.0 Å². The van der Waals surface area contributed by atoms with Crippen molar-refractivity contribution >= 4 is 23.9 Å². The van der Waals surface area contributed by atoms with Crippen LogP contribution in [0.15, 0.2) is 18.2 Å². The van der Waals surface area contributed by atoms with Crippen LogP contribution < -0.4 is 14.8 Å². The smallest absolute Gasteiger partial charge is 0.323 e. The molecule has 0 radical (unpaired) electrons. The van der Waals surface area contributed by atoms with E-state index in [4.69, 9.17) is 18.9 Å². The highest BCUT2D eigenvalue weighted by molar-refractivity contribution is 5.77. The lowest BCUT2D eigenvalue weighted by Gasteiger charge is -2.18. The Hall–Kier alpha value is -2.94. The van der Waals surface area contributed by atoms with E-state index in [0.717, 1.165) is 0 Å². The molecular weight excluding hydrogens is 430 g/mol. The van der Waals surface area contributed by atoms with Gasteiger partial charge in [0.25, 0.3) is 0 Å². The second-order valence-corrected chi connectivity index (χ2v) is 7.79. The third-order valence-corrected chi connectivity index (χ3v) is 4.50. The number of hydrogen-bond donors (Lipinski definition) is 1. The van der Waals surface area contributed by atoms with Gasteiger partial charge in [-0.1, -0.05) is 33.8 Å². The molecule has 0 aliphatic heterocycles. The Kier molecular flexibility index (Phi) is 12.8. The first-order valence-corrected chi connectivity index (χ1v) is 11.2. The van der Waals surface area contributed by atoms with E-state index in [1.54, 1.807) is 26.0 Å². The van der Waals surface area contributed by atoms with Gasteiger partial charge in [0.2, 0.25) is 0 Å². The zero-order valence-corrected chi connectivity index (χ0v) is 20.1. The number of methoxy groups -OCH3 is 1. The molecule has 0 amide bonds. The van der Waals surface area contributed by atoms with E-state index in [1.807, 2.05) is 13.8 Å². The molecule has 1 aromatic carbocycles. The van der Waals surface area contributed by atoms with Crippen molar-refractivity contribution in [1.29, 1.82) is 0 Å². The molecule has 0 aliphatic rings. The fraction of sp³-hybridized carbons (Fsp3) is 0.583. The van der Waals surface area contributed by atoms with Crippen LogP contribution in [0.25, 0.3) is 0 Å². The number of benzene rings is 1. The normalized spacial score (nSPS) is 11.6. The largest absolute Gasteiger partial charge is 0.468 e. The Bertz CT molecular complexity index is 806. The second-order valence-electron chi connectivity index (χ2n) is 7.79. The quantitative estimate of drug-likeness (QED) is 0.251. The number of nitrogens with one attached hydrogen (secondary N) is 1. The van der Waals surface area contributed by atoms with Crippen molar-refractivity contribution in [2.24, 2.45) is 5.92 Å². The molecule has 9 nitrogen and oxygen atoms in total. The molecule has 184 valence electrons. The number of carbonyl (C=O) groups excluding carboxylic acids is 4. The number of rotatable bonds is 14. The van der Waals surface area contributed by atoms with Gasteiger partial charge in [0.05, 0.1) is 13.0 Å². The minimum absolute atomic E-state index is 0.108. The van der Waals surface area contributed by atoms with E-state index in [0.29, 0.717) is 18.4 Å². The zero-order chi connectivity index (χ0) is 24.8. The fourth-order valence-corrected chi connectivity index (χ4v) is 2.77. The lowest BCUT2D eigenvalue weighted by atomic mass is 10.1. The highest BCUT2D eigenvalue weighted by Gasteiger charge is 2.21. The van der Waals surface area contributed by atoms with Crippen LogP contribution in [-0.2, 0) is 35.1 Å². The number of carbonyl (C=O) groups is 4. The molecule has 0 aliphatic carbocycles. The third-order valence-electron chi connectivity index (χ3n) is 4.50. The third kappa shape index (κ3) is 10.5. The van der Waals surface area contributed by atoms with Gasteiger partial charge in [-0.2, -0.15) is 0 Å². The van der Waals surface area contributed by atoms with Crippen molar-refractivity contribution in [3.05, 3.63) is 23.8 Å². The molecule has 0 saturated heterocycles. The van der Waals surface area contributed by atoms with Gasteiger partial charge in [-0.15, -0.1) is 0 Å². The molecule has 1 N–H and O–H groups in total. The number of esters is 4. The van der Waals surface area contributed by atoms with Crippen molar-refractivity contribution in [1.82, 2.24) is 5.32 Å². The van der Waals surface area contributed by atoms with Crippen molar-refractivity contribution < 1.29 is 38.1 Å². The topological polar surface area (TPSA) is 117 Å². The van der Waals surface area contributed by atoms with Crippen molar-refractivity contribution in [2.75, 3.05) is 20.3 Å². The van der Waals surface area contributed by atoms with Crippen LogP contribution in [0, 0.1) is 5.92 Å². The van der Waals surface area contributed by atoms with E-state index >= 15 is 0 Å². The average molecular weight is 466 g/mol. The maximum Gasteiger partial charge on any atom is 0.323 e. The van der Waals surface area contributed by atoms with Crippen molar-refractivity contribution in [2.45, 2.75) is 65.8 Å². The zero-order valence-electron chi connectivity index (χ0n) is 20.1. The summed E-state index contributed by atoms with van der Waals surface area (Å²) >= 11 is 0. The van der Waals surface area contributed by atoms with Gasteiger partial charge in [-0.3, -0.25) is 19.2 Å². The predicted molar refractivity (Wildman–Crippen MR) is 121 cm³/mol. The Morgan fingerprint density at radius 3 is 2.06 bits per heavy atom. The Morgan fingerprint density at radius 1 is 0.909 bits per heavy atom. The molecule has 9 heteroatoms. The number of ether oxygens (including phenoxy) is 4. The van der Waals surface area contributed by atoms with Crippen LogP contribution >= 0.6 is 0 Å². The van der Waals surface area contributed by atoms with E-state index < -0.39 is 23.9 Å². The van der Waals surface area contributed by atoms with Crippen LogP contribution in [0.3, 0.4) is 0 Å². The Labute approximate surface area is 195 Å². The van der Waals surface area contributed by atoms with Gasteiger partial charge in [0, 0.05) is 19.4 Å². The van der Waals surface area contributed by atoms with Crippen molar-refractivity contribution in [3.8, 4) is 11.5 Å². The summed E-state index contributed by atoms with van der Waals surface area (Å²) in [5, 5.41) is 3.01. The molecule has 0 unspecified atom stereocenters. The first-order valence-electron chi connectivity index (χ1n) is 11.2. The lowest BCUT2D eigenvalue weighted by Crippen LogP contribution is -2.41. The first-order chi connectivity index (χ1) is 15.7. The monoisotopic (exact) mass is 465 g/mol. The molecule has 0 saturated carbocycles. The molecule has 0 spiro atoms. The van der Waals surface area contributed by atoms with Gasteiger partial charge in [0.1, 0.15) is 12.6 Å². The van der Waals surface area contributed by atoms with Gasteiger partial charge in [-0.25, -0.2) is 0 Å². The summed E-state index contributed by atoms with van der Waals surface area (Å²) in [6.07, 6.45) is 1.90. The van der Waals surface area contributed by atoms with Crippen LogP contribution in [0.4, 0.5) is 0 Å². The lowest BCUT2D eigenvalue weighted by molar-refractivity contribution is -0.147. The molecule has 0 aromatic heterocycles. The van der Waals surface area contributed by atoms with E-state index in [1.165, 1.54) is 13.2 Å². The van der Waals surface area contributed by atoms with Gasteiger partial charge >= 0.3 is 23.9 Å². The second kappa shape index (κ2) is 15.0. The van der Waals surface area contributed by atoms with Crippen LogP contribution in [0.1, 0.15) is 58.9 Å². The minimum Gasteiger partial charge on any atom is -0.468 e. The van der Waals surface area contributed by atoms with Crippen molar-refractivity contribution in [3.63, 3.8) is 0 Å². The summed E-state index contributed by atoms with van der Waals surface area (Å²) < 4.78 is 20.7. The maximum atomic E-state index is 12.2. The number of hydrogen-bond acceptors (Lipinski definition) is 9. The van der Waals surface area contributed by atoms with Gasteiger partial charge < -0.3 is 24.3 Å². The molecule has 1 aromatic rings. The SMILES string of the molecule is CCCC(=O)Oc1ccc(C[C@H](NCCOC(=O)C(C)C)C(=O)OC)cc1OC(=O)CCC. The first kappa shape index (κ1) is 28.1. The summed E-state index contributed by atoms with van der Waals surface area (Å²) in [4.78, 5) is 47.8. The van der Waals surface area contributed by atoms with Crippen LogP contribution in [-0.4, -0.2) is 50.2 Å². The fourth-order valence-electron chi connectivity index (χ4n) is 2.77. The molecule has 1 atom stereocenters. The maximum absolute atomic E-state index is 12.2. The van der Waals surface area contributed by atoms with E-state index in [-0.39, 0.29) is 55.8 Å². The van der Waals surface area contributed by atoms with E-state index in [2.05, 4.69) is 5.32 Å². The molecular formula is C24H35NO8. The minimum atomic E-state index is -0.722. The molecule has 0 heterocycles. The molecule has 33 heavy (non-hydrogen) atoms. The van der Waals surface area contributed by atoms with Crippen LogP contribution in [0.2, 0.25) is 0 Å². The van der Waals surface area contributed by atoms with Gasteiger partial charge in [0.15, 0.2) is 11.5 Å². The molecule has 1 rings (SSSR count).